The van der Waals surface area contributed by atoms with Gasteiger partial charge in [-0.25, -0.2) is 0 Å². The van der Waals surface area contributed by atoms with Gasteiger partial charge in [-0.15, -0.1) is 0 Å². The van der Waals surface area contributed by atoms with Crippen LogP contribution in [0.25, 0.3) is 0 Å². The molecule has 3 aliphatic heterocycles. The maximum atomic E-state index is 6.34. The molecule has 53 heavy (non-hydrogen) atoms. The van der Waals surface area contributed by atoms with Crippen LogP contribution in [0.3, 0.4) is 0 Å². The second-order valence-corrected chi connectivity index (χ2v) is 14.8. The topological polar surface area (TPSA) is 19.0 Å². The quantitative estimate of drug-likeness (QED) is 0.172. The predicted octanol–water partition coefficient (Wildman–Crippen LogP) is 11.4. The van der Waals surface area contributed by atoms with E-state index < -0.39 is 0 Å². The van der Waals surface area contributed by atoms with Gasteiger partial charge in [0.15, 0.2) is 11.5 Å². The Morgan fingerprint density at radius 2 is 0.849 bits per heavy atom. The summed E-state index contributed by atoms with van der Waals surface area (Å²) >= 11 is 0. The smallest absolute Gasteiger partial charge is 0.252 e. The lowest BCUT2D eigenvalue weighted by Crippen LogP contribution is -2.61. The Hall–Kier alpha value is -6.20. The Balaban J connectivity index is 1.12. The maximum Gasteiger partial charge on any atom is 0.252 e. The number of ether oxygens (including phenoxy) is 1. The van der Waals surface area contributed by atoms with Crippen LogP contribution in [0.15, 0.2) is 164 Å². The summed E-state index contributed by atoms with van der Waals surface area (Å²) in [5, 5.41) is 0. The molecule has 0 saturated heterocycles. The van der Waals surface area contributed by atoms with E-state index in [0.29, 0.717) is 5.92 Å². The highest BCUT2D eigenvalue weighted by Crippen LogP contribution is 2.51. The zero-order valence-corrected chi connectivity index (χ0v) is 29.5. The molecule has 0 spiro atoms. The number of rotatable bonds is 4. The molecule has 3 heterocycles. The van der Waals surface area contributed by atoms with Crippen molar-refractivity contribution in [3.63, 3.8) is 0 Å². The van der Waals surface area contributed by atoms with Crippen LogP contribution < -0.4 is 35.8 Å². The number of nitrogens with zero attached hydrogens (tertiary/aromatic N) is 3. The fourth-order valence-electron chi connectivity index (χ4n) is 9.46. The van der Waals surface area contributed by atoms with Gasteiger partial charge in [0.05, 0.1) is 11.4 Å². The molecule has 0 aromatic heterocycles. The van der Waals surface area contributed by atoms with E-state index in [-0.39, 0.29) is 6.71 Å². The normalized spacial score (nSPS) is 15.5. The number of benzene rings is 7. The number of para-hydroxylation sites is 7. The molecule has 0 atom stereocenters. The van der Waals surface area contributed by atoms with Gasteiger partial charge in [0, 0.05) is 39.8 Å². The third-order valence-electron chi connectivity index (χ3n) is 11.8. The fraction of sp³-hybridized carbons (Fsp3) is 0.125. The van der Waals surface area contributed by atoms with Crippen LogP contribution in [0.2, 0.25) is 0 Å². The number of fused-ring (bicyclic) bond motifs is 6. The van der Waals surface area contributed by atoms with Gasteiger partial charge >= 0.3 is 0 Å². The first-order chi connectivity index (χ1) is 26.3. The summed E-state index contributed by atoms with van der Waals surface area (Å²) in [5.74, 6) is 2.28. The standard InChI is InChI=1S/C48H38BN3O/c1-3-15-33(16-4-1)34-31-44-48-45(32-34)51(36-27-29-37(30-28-36)52-42-23-11-13-25-46(42)53-47-26-14-12-24-43(47)52)41-22-10-8-20-39(41)49(48)38-19-7-9-21-40(38)50(44)35-17-5-2-6-18-35/h2,5-14,17-33H,1,3-4,15-16H2. The fourth-order valence-corrected chi connectivity index (χ4v) is 9.46. The molecule has 11 rings (SSSR count). The van der Waals surface area contributed by atoms with Gasteiger partial charge in [-0.05, 0) is 126 Å². The van der Waals surface area contributed by atoms with Crippen molar-refractivity contribution in [2.75, 3.05) is 14.7 Å². The van der Waals surface area contributed by atoms with Crippen molar-refractivity contribution in [2.45, 2.75) is 38.0 Å². The Kier molecular flexibility index (Phi) is 7.01. The summed E-state index contributed by atoms with van der Waals surface area (Å²) in [6.07, 6.45) is 6.43. The largest absolute Gasteiger partial charge is 0.453 e. The highest BCUT2D eigenvalue weighted by Gasteiger charge is 2.43. The molecule has 0 radical (unpaired) electrons. The van der Waals surface area contributed by atoms with E-state index in [1.54, 1.807) is 0 Å². The molecule has 0 amide bonds. The van der Waals surface area contributed by atoms with E-state index >= 15 is 0 Å². The van der Waals surface area contributed by atoms with Crippen LogP contribution >= 0.6 is 0 Å². The highest BCUT2D eigenvalue weighted by molar-refractivity contribution is 7.00. The molecule has 7 aromatic rings. The third kappa shape index (κ3) is 4.77. The zero-order chi connectivity index (χ0) is 34.9. The summed E-state index contributed by atoms with van der Waals surface area (Å²) in [7, 11) is 0. The van der Waals surface area contributed by atoms with Gasteiger partial charge in [0.25, 0.3) is 6.71 Å². The Morgan fingerprint density at radius 3 is 1.40 bits per heavy atom. The molecule has 4 aliphatic rings. The van der Waals surface area contributed by atoms with E-state index in [2.05, 4.69) is 154 Å². The van der Waals surface area contributed by atoms with E-state index in [1.165, 1.54) is 82.5 Å². The lowest BCUT2D eigenvalue weighted by atomic mass is 9.33. The van der Waals surface area contributed by atoms with E-state index in [9.17, 15) is 0 Å². The average molecular weight is 684 g/mol. The van der Waals surface area contributed by atoms with Crippen LogP contribution in [0.1, 0.15) is 43.6 Å². The molecule has 5 heteroatoms. The molecule has 1 saturated carbocycles. The Labute approximate surface area is 311 Å². The van der Waals surface area contributed by atoms with Crippen molar-refractivity contribution in [3.8, 4) is 11.5 Å². The highest BCUT2D eigenvalue weighted by atomic mass is 16.5. The monoisotopic (exact) mass is 683 g/mol. The molecule has 4 nitrogen and oxygen atoms in total. The SMILES string of the molecule is c1ccc(N2c3ccccc3B3c4ccccc4N(c4ccc(N5c6ccccc6Oc6ccccc65)cc4)c4cc(C5CCCCC5)cc2c43)cc1. The van der Waals surface area contributed by atoms with Crippen molar-refractivity contribution in [1.29, 1.82) is 0 Å². The summed E-state index contributed by atoms with van der Waals surface area (Å²) < 4.78 is 6.34. The molecule has 0 bridgehead atoms. The van der Waals surface area contributed by atoms with Crippen LogP contribution in [-0.2, 0) is 0 Å². The number of anilines is 9. The Bertz CT molecular complexity index is 2460. The molecular formula is C48H38BN3O. The Morgan fingerprint density at radius 1 is 0.415 bits per heavy atom. The summed E-state index contributed by atoms with van der Waals surface area (Å²) in [5.41, 5.74) is 16.2. The lowest BCUT2D eigenvalue weighted by Gasteiger charge is -2.45. The molecule has 1 aliphatic carbocycles. The van der Waals surface area contributed by atoms with Crippen molar-refractivity contribution < 1.29 is 4.74 Å². The van der Waals surface area contributed by atoms with Gasteiger partial charge in [-0.2, -0.15) is 0 Å². The zero-order valence-electron chi connectivity index (χ0n) is 29.5. The van der Waals surface area contributed by atoms with Crippen LogP contribution in [-0.4, -0.2) is 6.71 Å². The first-order valence-corrected chi connectivity index (χ1v) is 19.1. The molecule has 0 unspecified atom stereocenters. The van der Waals surface area contributed by atoms with Gasteiger partial charge in [0.2, 0.25) is 0 Å². The predicted molar refractivity (Wildman–Crippen MR) is 221 cm³/mol. The van der Waals surface area contributed by atoms with Crippen LogP contribution in [0, 0.1) is 0 Å². The van der Waals surface area contributed by atoms with Crippen LogP contribution in [0.4, 0.5) is 51.2 Å². The summed E-state index contributed by atoms with van der Waals surface area (Å²) in [6.45, 7) is 0.129. The van der Waals surface area contributed by atoms with Crippen LogP contribution in [0.5, 0.6) is 11.5 Å². The minimum absolute atomic E-state index is 0.129. The van der Waals surface area contributed by atoms with Gasteiger partial charge in [-0.1, -0.05) is 98.1 Å². The summed E-state index contributed by atoms with van der Waals surface area (Å²) in [6, 6.07) is 59.9. The van der Waals surface area contributed by atoms with Crippen molar-refractivity contribution in [2.24, 2.45) is 0 Å². The van der Waals surface area contributed by atoms with Gasteiger partial charge in [0.1, 0.15) is 0 Å². The number of hydrogen-bond acceptors (Lipinski definition) is 4. The molecule has 7 aromatic carbocycles. The summed E-state index contributed by atoms with van der Waals surface area (Å²) in [4.78, 5) is 7.39. The molecule has 1 fully saturated rings. The second kappa shape index (κ2) is 12.2. The molecular weight excluding hydrogens is 645 g/mol. The van der Waals surface area contributed by atoms with E-state index in [0.717, 1.165) is 34.2 Å². The van der Waals surface area contributed by atoms with Crippen molar-refractivity contribution >= 4 is 74.3 Å². The van der Waals surface area contributed by atoms with Crippen molar-refractivity contribution in [1.82, 2.24) is 0 Å². The molecule has 254 valence electrons. The maximum absolute atomic E-state index is 6.34. The van der Waals surface area contributed by atoms with E-state index in [4.69, 9.17) is 4.74 Å². The van der Waals surface area contributed by atoms with Crippen molar-refractivity contribution in [3.05, 3.63) is 169 Å². The van der Waals surface area contributed by atoms with Gasteiger partial charge in [-0.3, -0.25) is 0 Å². The van der Waals surface area contributed by atoms with E-state index in [1.807, 2.05) is 24.3 Å². The lowest BCUT2D eigenvalue weighted by molar-refractivity contribution is 0.444. The minimum Gasteiger partial charge on any atom is -0.453 e. The molecule has 0 N–H and O–H groups in total. The number of hydrogen-bond donors (Lipinski definition) is 0. The first kappa shape index (κ1) is 30.4. The third-order valence-corrected chi connectivity index (χ3v) is 11.8. The van der Waals surface area contributed by atoms with Gasteiger partial charge < -0.3 is 19.4 Å². The average Bonchev–Trinajstić information content (AvgIpc) is 3.23. The minimum atomic E-state index is 0.129. The second-order valence-electron chi connectivity index (χ2n) is 14.8. The first-order valence-electron chi connectivity index (χ1n) is 19.1.